The summed E-state index contributed by atoms with van der Waals surface area (Å²) in [5.74, 6) is -0.00332. The number of sulfonamides is 1. The van der Waals surface area contributed by atoms with E-state index in [-0.39, 0.29) is 18.5 Å². The Morgan fingerprint density at radius 1 is 1.26 bits per heavy atom. The molecule has 5 nitrogen and oxygen atoms in total. The van der Waals surface area contributed by atoms with Crippen LogP contribution in [0.15, 0.2) is 24.3 Å². The van der Waals surface area contributed by atoms with Crippen LogP contribution < -0.4 is 5.73 Å². The molecule has 0 aliphatic rings. The van der Waals surface area contributed by atoms with Crippen molar-refractivity contribution in [3.63, 3.8) is 0 Å². The van der Waals surface area contributed by atoms with Crippen molar-refractivity contribution in [1.29, 1.82) is 0 Å². The minimum Gasteiger partial charge on any atom is -0.399 e. The van der Waals surface area contributed by atoms with Gasteiger partial charge in [-0.3, -0.25) is 0 Å². The van der Waals surface area contributed by atoms with E-state index in [2.05, 4.69) is 0 Å². The molecule has 0 saturated carbocycles. The largest absolute Gasteiger partial charge is 0.399 e. The van der Waals surface area contributed by atoms with Crippen molar-refractivity contribution >= 4 is 15.7 Å². The zero-order valence-electron chi connectivity index (χ0n) is 11.7. The number of nitrogens with two attached hydrogens (primary N) is 1. The number of ether oxygens (including phenoxy) is 1. The van der Waals surface area contributed by atoms with Crippen LogP contribution in [0.4, 0.5) is 5.69 Å². The maximum atomic E-state index is 12.0. The normalized spacial score (nSPS) is 12.3. The number of rotatable bonds is 7. The Bertz CT molecular complexity index is 483. The van der Waals surface area contributed by atoms with Crippen LogP contribution in [0.1, 0.15) is 19.4 Å². The molecule has 108 valence electrons. The Morgan fingerprint density at radius 3 is 2.37 bits per heavy atom. The number of benzene rings is 1. The average molecular weight is 286 g/mol. The summed E-state index contributed by atoms with van der Waals surface area (Å²) in [4.78, 5) is 0. The van der Waals surface area contributed by atoms with Gasteiger partial charge in [-0.05, 0) is 31.5 Å². The highest BCUT2D eigenvalue weighted by atomic mass is 32.2. The molecule has 2 N–H and O–H groups in total. The standard InChI is InChI=1S/C13H22N2O3S/c1-11(2)18-8-9-19(16,17)15(3)10-12-4-6-13(14)7-5-12/h4-7,11H,8-10,14H2,1-3H3. The molecule has 0 heterocycles. The predicted molar refractivity (Wildman–Crippen MR) is 77.2 cm³/mol. The number of nitrogens with zero attached hydrogens (tertiary/aromatic N) is 1. The lowest BCUT2D eigenvalue weighted by molar-refractivity contribution is 0.0907. The molecule has 0 unspecified atom stereocenters. The van der Waals surface area contributed by atoms with Gasteiger partial charge >= 0.3 is 0 Å². The van der Waals surface area contributed by atoms with E-state index >= 15 is 0 Å². The smallest absolute Gasteiger partial charge is 0.216 e. The summed E-state index contributed by atoms with van der Waals surface area (Å²) in [5, 5.41) is 0. The third-order valence-electron chi connectivity index (χ3n) is 2.65. The van der Waals surface area contributed by atoms with Gasteiger partial charge in [-0.15, -0.1) is 0 Å². The monoisotopic (exact) mass is 286 g/mol. The molecular weight excluding hydrogens is 264 g/mol. The maximum absolute atomic E-state index is 12.0. The molecule has 0 bridgehead atoms. The van der Waals surface area contributed by atoms with Crippen molar-refractivity contribution in [2.45, 2.75) is 26.5 Å². The van der Waals surface area contributed by atoms with Crippen LogP contribution in [0.5, 0.6) is 0 Å². The van der Waals surface area contributed by atoms with Gasteiger partial charge in [0.25, 0.3) is 0 Å². The van der Waals surface area contributed by atoms with Gasteiger partial charge in [0, 0.05) is 19.3 Å². The first-order valence-corrected chi connectivity index (χ1v) is 7.82. The fraction of sp³-hybridized carbons (Fsp3) is 0.538. The summed E-state index contributed by atoms with van der Waals surface area (Å²) in [6, 6.07) is 7.17. The minimum absolute atomic E-state index is 0.00332. The Morgan fingerprint density at radius 2 is 1.84 bits per heavy atom. The predicted octanol–water partition coefficient (Wildman–Crippen LogP) is 1.46. The van der Waals surface area contributed by atoms with Gasteiger partial charge in [-0.25, -0.2) is 12.7 Å². The van der Waals surface area contributed by atoms with Gasteiger partial charge in [0.15, 0.2) is 0 Å². The Balaban J connectivity index is 2.55. The molecule has 0 aliphatic heterocycles. The lowest BCUT2D eigenvalue weighted by atomic mass is 10.2. The highest BCUT2D eigenvalue weighted by Crippen LogP contribution is 2.10. The summed E-state index contributed by atoms with van der Waals surface area (Å²) < 4.78 is 30.6. The van der Waals surface area contributed by atoms with Gasteiger partial charge in [0.2, 0.25) is 10.0 Å². The molecule has 19 heavy (non-hydrogen) atoms. The molecule has 0 atom stereocenters. The second-order valence-electron chi connectivity index (χ2n) is 4.73. The van der Waals surface area contributed by atoms with Crippen LogP contribution in [0, 0.1) is 0 Å². The molecule has 0 amide bonds. The van der Waals surface area contributed by atoms with Crippen LogP contribution in [0.25, 0.3) is 0 Å². The van der Waals surface area contributed by atoms with Crippen LogP contribution in [0.2, 0.25) is 0 Å². The molecule has 6 heteroatoms. The fourth-order valence-electron chi connectivity index (χ4n) is 1.52. The van der Waals surface area contributed by atoms with Gasteiger partial charge in [0.1, 0.15) is 0 Å². The minimum atomic E-state index is -3.29. The maximum Gasteiger partial charge on any atom is 0.216 e. The van der Waals surface area contributed by atoms with Crippen LogP contribution in [-0.4, -0.2) is 38.2 Å². The first kappa shape index (κ1) is 15.9. The molecule has 0 radical (unpaired) electrons. The Kier molecular flexibility index (Phi) is 5.78. The number of nitrogen functional groups attached to an aromatic ring is 1. The summed E-state index contributed by atoms with van der Waals surface area (Å²) in [6.07, 6.45) is 0.0394. The zero-order valence-corrected chi connectivity index (χ0v) is 12.5. The van der Waals surface area contributed by atoms with Crippen LogP contribution in [0.3, 0.4) is 0 Å². The van der Waals surface area contributed by atoms with Crippen LogP contribution >= 0.6 is 0 Å². The van der Waals surface area contributed by atoms with E-state index in [1.807, 2.05) is 26.0 Å². The zero-order chi connectivity index (χ0) is 14.5. The first-order valence-electron chi connectivity index (χ1n) is 6.21. The lowest BCUT2D eigenvalue weighted by Gasteiger charge is -2.18. The van der Waals surface area contributed by atoms with Crippen LogP contribution in [-0.2, 0) is 21.3 Å². The SMILES string of the molecule is CC(C)OCCS(=O)(=O)N(C)Cc1ccc(N)cc1. The van der Waals surface area contributed by atoms with Crippen molar-refractivity contribution in [2.24, 2.45) is 0 Å². The van der Waals surface area contributed by atoms with E-state index in [1.165, 1.54) is 4.31 Å². The highest BCUT2D eigenvalue weighted by molar-refractivity contribution is 7.89. The average Bonchev–Trinajstić information content (AvgIpc) is 2.31. The topological polar surface area (TPSA) is 72.6 Å². The second-order valence-corrected chi connectivity index (χ2v) is 6.93. The molecule has 1 rings (SSSR count). The van der Waals surface area contributed by atoms with Gasteiger partial charge in [-0.1, -0.05) is 12.1 Å². The third kappa shape index (κ3) is 5.59. The highest BCUT2D eigenvalue weighted by Gasteiger charge is 2.18. The third-order valence-corrected chi connectivity index (χ3v) is 4.41. The van der Waals surface area contributed by atoms with E-state index in [1.54, 1.807) is 19.2 Å². The van der Waals surface area contributed by atoms with E-state index in [4.69, 9.17) is 10.5 Å². The summed E-state index contributed by atoms with van der Waals surface area (Å²) in [7, 11) is -1.72. The molecule has 0 fully saturated rings. The lowest BCUT2D eigenvalue weighted by Crippen LogP contribution is -2.31. The summed E-state index contributed by atoms with van der Waals surface area (Å²) in [6.45, 7) is 4.31. The van der Waals surface area contributed by atoms with Crippen molar-refractivity contribution in [2.75, 3.05) is 25.1 Å². The molecule has 0 spiro atoms. The van der Waals surface area contributed by atoms with Crippen molar-refractivity contribution in [1.82, 2.24) is 4.31 Å². The first-order chi connectivity index (χ1) is 8.81. The molecule has 1 aromatic rings. The Hall–Kier alpha value is -1.11. The second kappa shape index (κ2) is 6.88. The molecule has 0 saturated heterocycles. The fourth-order valence-corrected chi connectivity index (χ4v) is 2.49. The number of hydrogen-bond donors (Lipinski definition) is 1. The van der Waals surface area contributed by atoms with Gasteiger partial charge in [-0.2, -0.15) is 0 Å². The quantitative estimate of drug-likeness (QED) is 0.770. The van der Waals surface area contributed by atoms with Gasteiger partial charge in [0.05, 0.1) is 18.5 Å². The van der Waals surface area contributed by atoms with E-state index in [9.17, 15) is 8.42 Å². The number of anilines is 1. The van der Waals surface area contributed by atoms with Crippen molar-refractivity contribution in [3.8, 4) is 0 Å². The van der Waals surface area contributed by atoms with E-state index < -0.39 is 10.0 Å². The molecule has 0 aromatic heterocycles. The molecule has 0 aliphatic carbocycles. The van der Waals surface area contributed by atoms with Gasteiger partial charge < -0.3 is 10.5 Å². The van der Waals surface area contributed by atoms with E-state index in [0.29, 0.717) is 12.2 Å². The summed E-state index contributed by atoms with van der Waals surface area (Å²) in [5.41, 5.74) is 7.16. The van der Waals surface area contributed by atoms with E-state index in [0.717, 1.165) is 5.56 Å². The number of hydrogen-bond acceptors (Lipinski definition) is 4. The molecular formula is C13H22N2O3S. The molecule has 1 aromatic carbocycles. The Labute approximate surface area is 115 Å². The van der Waals surface area contributed by atoms with Crippen molar-refractivity contribution in [3.05, 3.63) is 29.8 Å². The van der Waals surface area contributed by atoms with Crippen molar-refractivity contribution < 1.29 is 13.2 Å². The summed E-state index contributed by atoms with van der Waals surface area (Å²) >= 11 is 0.